The van der Waals surface area contributed by atoms with Gasteiger partial charge in [-0.2, -0.15) is 0 Å². The number of rotatable bonds is 4. The van der Waals surface area contributed by atoms with Crippen molar-refractivity contribution in [2.75, 3.05) is 26.7 Å². The Labute approximate surface area is 120 Å². The molecule has 6 heteroatoms. The fourth-order valence-corrected chi connectivity index (χ4v) is 2.86. The SMILES string of the molecule is CCC1CN(C(=O)NC(C)(C(=O)O)C2CC2)CCN1C. The van der Waals surface area contributed by atoms with Crippen LogP contribution in [-0.4, -0.2) is 65.2 Å². The summed E-state index contributed by atoms with van der Waals surface area (Å²) in [5, 5.41) is 12.1. The maximum absolute atomic E-state index is 12.4. The molecule has 0 bridgehead atoms. The van der Waals surface area contributed by atoms with E-state index in [-0.39, 0.29) is 11.9 Å². The van der Waals surface area contributed by atoms with Crippen LogP contribution in [0.15, 0.2) is 0 Å². The minimum atomic E-state index is -1.12. The van der Waals surface area contributed by atoms with Crippen molar-refractivity contribution in [3.63, 3.8) is 0 Å². The van der Waals surface area contributed by atoms with Gasteiger partial charge in [0.25, 0.3) is 0 Å². The van der Waals surface area contributed by atoms with Crippen molar-refractivity contribution in [2.45, 2.75) is 44.7 Å². The van der Waals surface area contributed by atoms with Crippen molar-refractivity contribution in [3.8, 4) is 0 Å². The number of aliphatic carboxylic acids is 1. The van der Waals surface area contributed by atoms with Gasteiger partial charge in [0.2, 0.25) is 0 Å². The first kappa shape index (κ1) is 15.1. The zero-order valence-corrected chi connectivity index (χ0v) is 12.6. The summed E-state index contributed by atoms with van der Waals surface area (Å²) in [4.78, 5) is 27.8. The van der Waals surface area contributed by atoms with Crippen LogP contribution in [0.1, 0.15) is 33.1 Å². The van der Waals surface area contributed by atoms with Gasteiger partial charge in [0.15, 0.2) is 0 Å². The lowest BCUT2D eigenvalue weighted by Crippen LogP contribution is -2.61. The van der Waals surface area contributed by atoms with Gasteiger partial charge in [0.05, 0.1) is 0 Å². The summed E-state index contributed by atoms with van der Waals surface area (Å²) in [5.74, 6) is -0.868. The van der Waals surface area contributed by atoms with Crippen LogP contribution in [0.5, 0.6) is 0 Å². The third-order valence-electron chi connectivity index (χ3n) is 4.74. The van der Waals surface area contributed by atoms with Crippen LogP contribution in [0.3, 0.4) is 0 Å². The Balaban J connectivity index is 1.99. The molecule has 1 aliphatic carbocycles. The highest BCUT2D eigenvalue weighted by molar-refractivity contribution is 5.86. The van der Waals surface area contributed by atoms with Crippen LogP contribution in [0.4, 0.5) is 4.79 Å². The number of carboxylic acids is 1. The Kier molecular flexibility index (Phi) is 4.22. The molecule has 2 N–H and O–H groups in total. The summed E-state index contributed by atoms with van der Waals surface area (Å²) in [5.41, 5.74) is -1.12. The highest BCUT2D eigenvalue weighted by Crippen LogP contribution is 2.39. The molecule has 0 aromatic rings. The third kappa shape index (κ3) is 2.90. The molecule has 2 atom stereocenters. The predicted octanol–water partition coefficient (Wildman–Crippen LogP) is 0.975. The Morgan fingerprint density at radius 1 is 1.35 bits per heavy atom. The second kappa shape index (κ2) is 5.60. The van der Waals surface area contributed by atoms with Gasteiger partial charge in [-0.25, -0.2) is 9.59 Å². The number of carbonyl (C=O) groups is 2. The molecule has 2 aliphatic rings. The van der Waals surface area contributed by atoms with Crippen molar-refractivity contribution in [1.29, 1.82) is 0 Å². The van der Waals surface area contributed by atoms with Crippen LogP contribution >= 0.6 is 0 Å². The molecule has 6 nitrogen and oxygen atoms in total. The van der Waals surface area contributed by atoms with Crippen LogP contribution < -0.4 is 5.32 Å². The van der Waals surface area contributed by atoms with E-state index in [9.17, 15) is 14.7 Å². The third-order valence-corrected chi connectivity index (χ3v) is 4.74. The van der Waals surface area contributed by atoms with Gasteiger partial charge in [0.1, 0.15) is 5.54 Å². The van der Waals surface area contributed by atoms with Crippen LogP contribution in [0, 0.1) is 5.92 Å². The van der Waals surface area contributed by atoms with Gasteiger partial charge < -0.3 is 15.3 Å². The van der Waals surface area contributed by atoms with Crippen molar-refractivity contribution >= 4 is 12.0 Å². The fourth-order valence-electron chi connectivity index (χ4n) is 2.86. The molecule has 1 saturated carbocycles. The molecule has 2 fully saturated rings. The monoisotopic (exact) mass is 283 g/mol. The molecule has 1 heterocycles. The van der Waals surface area contributed by atoms with Crippen LogP contribution in [0.25, 0.3) is 0 Å². The van der Waals surface area contributed by atoms with E-state index in [0.29, 0.717) is 19.1 Å². The number of carbonyl (C=O) groups excluding carboxylic acids is 1. The summed E-state index contributed by atoms with van der Waals surface area (Å²) < 4.78 is 0. The summed E-state index contributed by atoms with van der Waals surface area (Å²) in [6.07, 6.45) is 2.74. The van der Waals surface area contributed by atoms with E-state index in [1.807, 2.05) is 0 Å². The van der Waals surface area contributed by atoms with Gasteiger partial charge in [-0.15, -0.1) is 0 Å². The number of amides is 2. The van der Waals surface area contributed by atoms with Crippen LogP contribution in [0.2, 0.25) is 0 Å². The van der Waals surface area contributed by atoms with E-state index >= 15 is 0 Å². The number of likely N-dealkylation sites (N-methyl/N-ethyl adjacent to an activating group) is 1. The molecule has 1 aliphatic heterocycles. The van der Waals surface area contributed by atoms with E-state index in [1.54, 1.807) is 11.8 Å². The standard InChI is InChI=1S/C14H25N3O3/c1-4-11-9-17(8-7-16(11)3)13(20)15-14(2,12(18)19)10-5-6-10/h10-11H,4-9H2,1-3H3,(H,15,20)(H,18,19). The number of hydrogen-bond donors (Lipinski definition) is 2. The van der Waals surface area contributed by atoms with E-state index in [0.717, 1.165) is 25.8 Å². The minimum absolute atomic E-state index is 0.0680. The average molecular weight is 283 g/mol. The summed E-state index contributed by atoms with van der Waals surface area (Å²) in [7, 11) is 2.06. The molecule has 114 valence electrons. The van der Waals surface area contributed by atoms with Crippen molar-refractivity contribution < 1.29 is 14.7 Å². The summed E-state index contributed by atoms with van der Waals surface area (Å²) in [6.45, 7) is 5.88. The molecule has 0 aromatic carbocycles. The number of hydrogen-bond acceptors (Lipinski definition) is 3. The van der Waals surface area contributed by atoms with Gasteiger partial charge in [-0.05, 0) is 39.2 Å². The van der Waals surface area contributed by atoms with Gasteiger partial charge >= 0.3 is 12.0 Å². The zero-order valence-electron chi connectivity index (χ0n) is 12.6. The number of carboxylic acid groups (broad SMARTS) is 1. The number of urea groups is 1. The molecule has 0 spiro atoms. The summed E-state index contributed by atoms with van der Waals surface area (Å²) >= 11 is 0. The Morgan fingerprint density at radius 3 is 2.50 bits per heavy atom. The topological polar surface area (TPSA) is 72.9 Å². The fraction of sp³-hybridized carbons (Fsp3) is 0.857. The molecule has 2 rings (SSSR count). The first-order chi connectivity index (χ1) is 9.38. The Bertz CT molecular complexity index is 397. The maximum atomic E-state index is 12.4. The first-order valence-electron chi connectivity index (χ1n) is 7.39. The first-order valence-corrected chi connectivity index (χ1v) is 7.39. The maximum Gasteiger partial charge on any atom is 0.329 e. The second-order valence-corrected chi connectivity index (χ2v) is 6.20. The van der Waals surface area contributed by atoms with E-state index in [2.05, 4.69) is 24.2 Å². The van der Waals surface area contributed by atoms with E-state index < -0.39 is 11.5 Å². The molecular weight excluding hydrogens is 258 g/mol. The van der Waals surface area contributed by atoms with E-state index in [4.69, 9.17) is 0 Å². The molecule has 1 saturated heterocycles. The lowest BCUT2D eigenvalue weighted by Gasteiger charge is -2.40. The quantitative estimate of drug-likeness (QED) is 0.806. The summed E-state index contributed by atoms with van der Waals surface area (Å²) in [6, 6.07) is 0.111. The van der Waals surface area contributed by atoms with Crippen molar-refractivity contribution in [3.05, 3.63) is 0 Å². The Morgan fingerprint density at radius 2 is 2.00 bits per heavy atom. The molecule has 2 unspecified atom stereocenters. The molecule has 0 radical (unpaired) electrons. The normalized spacial score (nSPS) is 26.9. The van der Waals surface area contributed by atoms with Gasteiger partial charge in [-0.1, -0.05) is 6.92 Å². The number of piperazine rings is 1. The molecule has 0 aromatic heterocycles. The predicted molar refractivity (Wildman–Crippen MR) is 75.6 cm³/mol. The zero-order chi connectivity index (χ0) is 14.9. The van der Waals surface area contributed by atoms with Gasteiger partial charge in [0, 0.05) is 25.7 Å². The van der Waals surface area contributed by atoms with Crippen molar-refractivity contribution in [2.24, 2.45) is 5.92 Å². The van der Waals surface area contributed by atoms with E-state index in [1.165, 1.54) is 0 Å². The highest BCUT2D eigenvalue weighted by atomic mass is 16.4. The molecular formula is C14H25N3O3. The van der Waals surface area contributed by atoms with Gasteiger partial charge in [-0.3, -0.25) is 4.90 Å². The molecule has 20 heavy (non-hydrogen) atoms. The Hall–Kier alpha value is -1.30. The lowest BCUT2D eigenvalue weighted by molar-refractivity contribution is -0.144. The minimum Gasteiger partial charge on any atom is -0.480 e. The van der Waals surface area contributed by atoms with Crippen LogP contribution in [-0.2, 0) is 4.79 Å². The smallest absolute Gasteiger partial charge is 0.329 e. The number of nitrogens with zero attached hydrogens (tertiary/aromatic N) is 2. The lowest BCUT2D eigenvalue weighted by atomic mass is 9.96. The second-order valence-electron chi connectivity index (χ2n) is 6.20. The number of nitrogens with one attached hydrogen (secondary N) is 1. The average Bonchev–Trinajstić information content (AvgIpc) is 3.23. The highest BCUT2D eigenvalue weighted by Gasteiger charge is 2.49. The van der Waals surface area contributed by atoms with Crippen molar-refractivity contribution in [1.82, 2.24) is 15.1 Å². The largest absolute Gasteiger partial charge is 0.480 e. The molecule has 2 amide bonds.